The molecule has 4 nitrogen and oxygen atoms in total. The van der Waals surface area contributed by atoms with Crippen molar-refractivity contribution in [3.8, 4) is 11.8 Å². The van der Waals surface area contributed by atoms with Gasteiger partial charge in [-0.15, -0.1) is 0 Å². The summed E-state index contributed by atoms with van der Waals surface area (Å²) in [5, 5.41) is 21.2. The molecule has 0 saturated carbocycles. The number of rotatable bonds is 2. The van der Waals surface area contributed by atoms with Gasteiger partial charge in [-0.25, -0.2) is 0 Å². The first kappa shape index (κ1) is 22.2. The molecule has 98 valence electrons. The molecule has 0 heterocycles. The van der Waals surface area contributed by atoms with Crippen molar-refractivity contribution >= 4 is 11.9 Å². The number of carboxylic acids is 2. The SMILES string of the molecule is O=C([O-])c1ccc(C#Cc2ccc(C(=O)[O-])cc2)cc1.[K+].[K+]. The molecule has 0 N–H and O–H groups in total. The van der Waals surface area contributed by atoms with E-state index < -0.39 is 11.9 Å². The predicted molar refractivity (Wildman–Crippen MR) is 67.5 cm³/mol. The van der Waals surface area contributed by atoms with Gasteiger partial charge in [-0.05, 0) is 35.4 Å². The molecule has 0 unspecified atom stereocenters. The maximum Gasteiger partial charge on any atom is 1.00 e. The van der Waals surface area contributed by atoms with Gasteiger partial charge in [0.05, 0.1) is 11.9 Å². The second-order valence-electron chi connectivity index (χ2n) is 3.98. The van der Waals surface area contributed by atoms with E-state index in [-0.39, 0.29) is 114 Å². The van der Waals surface area contributed by atoms with Crippen molar-refractivity contribution in [2.75, 3.05) is 0 Å². The number of carbonyl (C=O) groups excluding carboxylic acids is 2. The minimum Gasteiger partial charge on any atom is -0.545 e. The third-order valence-corrected chi connectivity index (χ3v) is 2.59. The molecular weight excluding hydrogens is 334 g/mol. The first-order chi connectivity index (χ1) is 9.56. The predicted octanol–water partition coefficient (Wildman–Crippen LogP) is -6.18. The smallest absolute Gasteiger partial charge is 0.545 e. The number of benzene rings is 2. The summed E-state index contributed by atoms with van der Waals surface area (Å²) in [5.74, 6) is 3.23. The molecular formula is C16H8K2O4. The second-order valence-corrected chi connectivity index (χ2v) is 3.98. The number of carboxylic acid groups (broad SMARTS) is 2. The first-order valence-corrected chi connectivity index (χ1v) is 5.71. The van der Waals surface area contributed by atoms with E-state index in [0.717, 1.165) is 0 Å². The largest absolute Gasteiger partial charge is 1.00 e. The minimum absolute atomic E-state index is 0. The zero-order valence-corrected chi connectivity index (χ0v) is 18.5. The summed E-state index contributed by atoms with van der Waals surface area (Å²) in [5.41, 5.74) is 1.49. The zero-order chi connectivity index (χ0) is 14.5. The number of aromatic carboxylic acids is 2. The average Bonchev–Trinajstić information content (AvgIpc) is 2.46. The van der Waals surface area contributed by atoms with Gasteiger partial charge in [0.15, 0.2) is 0 Å². The van der Waals surface area contributed by atoms with Crippen LogP contribution in [-0.2, 0) is 0 Å². The number of hydrogen-bond acceptors (Lipinski definition) is 4. The van der Waals surface area contributed by atoms with E-state index in [1.165, 1.54) is 24.3 Å². The van der Waals surface area contributed by atoms with Crippen molar-refractivity contribution in [3.05, 3.63) is 70.8 Å². The maximum atomic E-state index is 10.6. The van der Waals surface area contributed by atoms with Gasteiger partial charge in [0, 0.05) is 11.1 Å². The van der Waals surface area contributed by atoms with Crippen LogP contribution in [0.5, 0.6) is 0 Å². The van der Waals surface area contributed by atoms with Crippen LogP contribution in [-0.4, -0.2) is 11.9 Å². The van der Waals surface area contributed by atoms with Gasteiger partial charge in [0.25, 0.3) is 0 Å². The van der Waals surface area contributed by atoms with Crippen molar-refractivity contribution in [3.63, 3.8) is 0 Å². The number of hydrogen-bond donors (Lipinski definition) is 0. The molecule has 2 aromatic carbocycles. The normalized spacial score (nSPS) is 8.55. The minimum atomic E-state index is -1.23. The van der Waals surface area contributed by atoms with Crippen LogP contribution in [0.15, 0.2) is 48.5 Å². The molecule has 0 aliphatic rings. The summed E-state index contributed by atoms with van der Waals surface area (Å²) in [4.78, 5) is 21.2. The summed E-state index contributed by atoms with van der Waals surface area (Å²) >= 11 is 0. The standard InChI is InChI=1S/C16H10O4.2K/c17-15(18)13-7-3-11(4-8-13)1-2-12-5-9-14(10-6-12)16(19)20;;/h3-10H,(H,17,18)(H,19,20);;/q;2*+1/p-2. The Morgan fingerprint density at radius 1 is 0.636 bits per heavy atom. The van der Waals surface area contributed by atoms with E-state index in [9.17, 15) is 19.8 Å². The Morgan fingerprint density at radius 2 is 0.909 bits per heavy atom. The summed E-state index contributed by atoms with van der Waals surface area (Å²) in [6, 6.07) is 12.0. The molecule has 2 rings (SSSR count). The molecule has 0 fully saturated rings. The van der Waals surface area contributed by atoms with E-state index in [1.807, 2.05) is 0 Å². The Hall–Kier alpha value is 0.213. The Balaban J connectivity index is 0.00000220. The fourth-order valence-corrected chi connectivity index (χ4v) is 1.52. The van der Waals surface area contributed by atoms with Crippen molar-refractivity contribution in [1.29, 1.82) is 0 Å². The van der Waals surface area contributed by atoms with Crippen LogP contribution in [0.3, 0.4) is 0 Å². The van der Waals surface area contributed by atoms with Crippen molar-refractivity contribution in [2.45, 2.75) is 0 Å². The van der Waals surface area contributed by atoms with Crippen LogP contribution in [0.2, 0.25) is 0 Å². The fraction of sp³-hybridized carbons (Fsp3) is 0. The van der Waals surface area contributed by atoms with Gasteiger partial charge in [0.1, 0.15) is 0 Å². The van der Waals surface area contributed by atoms with Gasteiger partial charge in [-0.3, -0.25) is 0 Å². The van der Waals surface area contributed by atoms with Gasteiger partial charge < -0.3 is 19.8 Å². The first-order valence-electron chi connectivity index (χ1n) is 5.71. The molecule has 0 atom stereocenters. The molecule has 0 aliphatic heterocycles. The van der Waals surface area contributed by atoms with Crippen LogP contribution in [0.1, 0.15) is 31.8 Å². The topological polar surface area (TPSA) is 80.3 Å². The van der Waals surface area contributed by atoms with E-state index in [0.29, 0.717) is 11.1 Å². The Kier molecular flexibility index (Phi) is 11.0. The molecule has 0 aromatic heterocycles. The molecule has 0 radical (unpaired) electrons. The summed E-state index contributed by atoms with van der Waals surface area (Å²) in [7, 11) is 0. The van der Waals surface area contributed by atoms with Crippen LogP contribution in [0.4, 0.5) is 0 Å². The van der Waals surface area contributed by atoms with Crippen molar-refractivity contribution in [1.82, 2.24) is 0 Å². The van der Waals surface area contributed by atoms with E-state index in [4.69, 9.17) is 0 Å². The van der Waals surface area contributed by atoms with Gasteiger partial charge >= 0.3 is 103 Å². The van der Waals surface area contributed by atoms with E-state index in [1.54, 1.807) is 24.3 Å². The van der Waals surface area contributed by atoms with Gasteiger partial charge in [0.2, 0.25) is 0 Å². The molecule has 6 heteroatoms. The van der Waals surface area contributed by atoms with Gasteiger partial charge in [-0.2, -0.15) is 0 Å². The maximum absolute atomic E-state index is 10.6. The fourth-order valence-electron chi connectivity index (χ4n) is 1.52. The molecule has 0 spiro atoms. The third kappa shape index (κ3) is 6.76. The Bertz CT molecular complexity index is 649. The molecule has 0 bridgehead atoms. The average molecular weight is 342 g/mol. The van der Waals surface area contributed by atoms with Crippen LogP contribution in [0.25, 0.3) is 0 Å². The molecule has 0 saturated heterocycles. The Labute approximate surface area is 213 Å². The van der Waals surface area contributed by atoms with E-state index >= 15 is 0 Å². The van der Waals surface area contributed by atoms with Crippen molar-refractivity contribution < 1.29 is 123 Å². The Morgan fingerprint density at radius 3 is 1.14 bits per heavy atom. The summed E-state index contributed by atoms with van der Waals surface area (Å²) in [6.07, 6.45) is 0. The molecule has 22 heavy (non-hydrogen) atoms. The number of carbonyl (C=O) groups is 2. The van der Waals surface area contributed by atoms with E-state index in [2.05, 4.69) is 11.8 Å². The van der Waals surface area contributed by atoms with Gasteiger partial charge in [-0.1, -0.05) is 36.1 Å². The molecule has 0 amide bonds. The molecule has 2 aromatic rings. The quantitative estimate of drug-likeness (QED) is 0.402. The zero-order valence-electron chi connectivity index (χ0n) is 12.3. The van der Waals surface area contributed by atoms with Crippen LogP contribution >= 0.6 is 0 Å². The van der Waals surface area contributed by atoms with Crippen LogP contribution in [0, 0.1) is 11.8 Å². The summed E-state index contributed by atoms with van der Waals surface area (Å²) < 4.78 is 0. The van der Waals surface area contributed by atoms with Crippen LogP contribution < -0.4 is 113 Å². The second kappa shape index (κ2) is 10.9. The summed E-state index contributed by atoms with van der Waals surface area (Å²) in [6.45, 7) is 0. The monoisotopic (exact) mass is 342 g/mol. The molecule has 0 aliphatic carbocycles. The third-order valence-electron chi connectivity index (χ3n) is 2.59. The van der Waals surface area contributed by atoms with Crippen molar-refractivity contribution in [2.24, 2.45) is 0 Å².